The van der Waals surface area contributed by atoms with Crippen LogP contribution in [0.4, 0.5) is 0 Å². The van der Waals surface area contributed by atoms with Crippen molar-refractivity contribution in [2.24, 2.45) is 0 Å². The molecule has 1 saturated heterocycles. The summed E-state index contributed by atoms with van der Waals surface area (Å²) in [4.78, 5) is 14.3. The van der Waals surface area contributed by atoms with Crippen LogP contribution >= 0.6 is 11.6 Å². The molecule has 0 N–H and O–H groups in total. The van der Waals surface area contributed by atoms with Gasteiger partial charge in [0.15, 0.2) is 5.78 Å². The Morgan fingerprint density at radius 1 is 1.30 bits per heavy atom. The average molecular weight is 296 g/mol. The molecule has 0 amide bonds. The summed E-state index contributed by atoms with van der Waals surface area (Å²) in [6.45, 7) is 5.95. The molecule has 1 aliphatic heterocycles. The molecule has 4 heteroatoms. The van der Waals surface area contributed by atoms with Crippen LogP contribution < -0.4 is 4.74 Å². The number of halogens is 1. The Bertz CT molecular complexity index is 427. The van der Waals surface area contributed by atoms with E-state index in [0.29, 0.717) is 18.6 Å². The van der Waals surface area contributed by atoms with E-state index in [9.17, 15) is 4.79 Å². The van der Waals surface area contributed by atoms with E-state index >= 15 is 0 Å². The number of carbonyl (C=O) groups is 1. The molecular weight excluding hydrogens is 274 g/mol. The lowest BCUT2D eigenvalue weighted by Crippen LogP contribution is -2.25. The smallest absolute Gasteiger partial charge is 0.180 e. The molecule has 1 atom stereocenters. The number of hydrogen-bond acceptors (Lipinski definition) is 3. The monoisotopic (exact) mass is 295 g/mol. The highest BCUT2D eigenvalue weighted by Gasteiger charge is 2.15. The van der Waals surface area contributed by atoms with Gasteiger partial charge in [0, 0.05) is 12.1 Å². The second-order valence-corrected chi connectivity index (χ2v) is 5.69. The van der Waals surface area contributed by atoms with Gasteiger partial charge >= 0.3 is 0 Å². The average Bonchev–Trinajstić information content (AvgIpc) is 2.99. The first-order chi connectivity index (χ1) is 9.70. The highest BCUT2D eigenvalue weighted by atomic mass is 35.5. The number of Topliss-reactive ketones (excluding diaryl/α,β-unsaturated/α-hetero) is 1. The van der Waals surface area contributed by atoms with Crippen molar-refractivity contribution >= 4 is 17.4 Å². The zero-order valence-corrected chi connectivity index (χ0v) is 12.7. The molecule has 0 radical (unpaired) electrons. The molecule has 1 aromatic rings. The summed E-state index contributed by atoms with van der Waals surface area (Å²) < 4.78 is 5.70. The van der Waals surface area contributed by atoms with Crippen LogP contribution in [0, 0.1) is 0 Å². The molecule has 1 heterocycles. The van der Waals surface area contributed by atoms with Crippen molar-refractivity contribution in [1.82, 2.24) is 4.90 Å². The van der Waals surface area contributed by atoms with Crippen LogP contribution in [0.5, 0.6) is 5.75 Å². The summed E-state index contributed by atoms with van der Waals surface area (Å²) in [5, 5.41) is -0.433. The van der Waals surface area contributed by atoms with Crippen molar-refractivity contribution in [3.05, 3.63) is 29.8 Å². The van der Waals surface area contributed by atoms with Gasteiger partial charge in [0.25, 0.3) is 0 Å². The van der Waals surface area contributed by atoms with E-state index in [1.165, 1.54) is 25.9 Å². The molecule has 1 aromatic carbocycles. The van der Waals surface area contributed by atoms with Crippen LogP contribution in [-0.4, -0.2) is 42.3 Å². The van der Waals surface area contributed by atoms with E-state index in [0.717, 1.165) is 12.3 Å². The lowest BCUT2D eigenvalue weighted by Gasteiger charge is -2.15. The zero-order chi connectivity index (χ0) is 14.4. The van der Waals surface area contributed by atoms with E-state index in [2.05, 4.69) is 4.90 Å². The standard InChI is InChI=1S/C16H22ClNO2/c1-2-15(17)16(19)13-5-7-14(8-6-13)20-12-11-18-9-3-4-10-18/h5-8,15H,2-4,9-12H2,1H3. The van der Waals surface area contributed by atoms with Gasteiger partial charge in [0.1, 0.15) is 12.4 Å². The van der Waals surface area contributed by atoms with Gasteiger partial charge in [-0.25, -0.2) is 0 Å². The summed E-state index contributed by atoms with van der Waals surface area (Å²) >= 11 is 5.96. The lowest BCUT2D eigenvalue weighted by atomic mass is 10.1. The van der Waals surface area contributed by atoms with Gasteiger partial charge in [-0.2, -0.15) is 0 Å². The Morgan fingerprint density at radius 3 is 2.55 bits per heavy atom. The third-order valence-electron chi connectivity index (χ3n) is 3.66. The van der Waals surface area contributed by atoms with Crippen molar-refractivity contribution < 1.29 is 9.53 Å². The maximum atomic E-state index is 11.9. The fourth-order valence-electron chi connectivity index (χ4n) is 2.38. The number of hydrogen-bond donors (Lipinski definition) is 0. The first-order valence-electron chi connectivity index (χ1n) is 7.34. The van der Waals surface area contributed by atoms with Gasteiger partial charge in [0.05, 0.1) is 5.38 Å². The molecule has 1 unspecified atom stereocenters. The number of nitrogens with zero attached hydrogens (tertiary/aromatic N) is 1. The molecule has 0 bridgehead atoms. The number of alkyl halides is 1. The Labute approximate surface area is 125 Å². The predicted octanol–water partition coefficient (Wildman–Crippen LogP) is 3.36. The van der Waals surface area contributed by atoms with Crippen molar-refractivity contribution in [1.29, 1.82) is 0 Å². The number of carbonyl (C=O) groups excluding carboxylic acids is 1. The summed E-state index contributed by atoms with van der Waals surface area (Å²) in [6, 6.07) is 7.27. The number of likely N-dealkylation sites (tertiary alicyclic amines) is 1. The molecular formula is C16H22ClNO2. The van der Waals surface area contributed by atoms with Crippen LogP contribution in [-0.2, 0) is 0 Å². The van der Waals surface area contributed by atoms with E-state index in [1.54, 1.807) is 12.1 Å². The third-order valence-corrected chi connectivity index (χ3v) is 4.16. The zero-order valence-electron chi connectivity index (χ0n) is 12.0. The minimum absolute atomic E-state index is 0.0159. The minimum atomic E-state index is -0.433. The highest BCUT2D eigenvalue weighted by Crippen LogP contribution is 2.16. The number of rotatable bonds is 7. The van der Waals surface area contributed by atoms with E-state index < -0.39 is 5.38 Å². The first-order valence-corrected chi connectivity index (χ1v) is 7.78. The second-order valence-electron chi connectivity index (χ2n) is 5.16. The van der Waals surface area contributed by atoms with Gasteiger partial charge in [-0.1, -0.05) is 6.92 Å². The summed E-state index contributed by atoms with van der Waals surface area (Å²) in [6.07, 6.45) is 3.25. The van der Waals surface area contributed by atoms with E-state index in [1.807, 2.05) is 19.1 Å². The molecule has 20 heavy (non-hydrogen) atoms. The summed E-state index contributed by atoms with van der Waals surface area (Å²) in [5.74, 6) is 0.793. The van der Waals surface area contributed by atoms with Crippen molar-refractivity contribution in [3.63, 3.8) is 0 Å². The Hall–Kier alpha value is -1.06. The quantitative estimate of drug-likeness (QED) is 0.571. The molecule has 0 spiro atoms. The molecule has 0 aliphatic carbocycles. The second kappa shape index (κ2) is 7.65. The van der Waals surface area contributed by atoms with Crippen LogP contribution in [0.25, 0.3) is 0 Å². The van der Waals surface area contributed by atoms with Gasteiger partial charge in [-0.05, 0) is 56.6 Å². The Balaban J connectivity index is 1.80. The Morgan fingerprint density at radius 2 is 1.95 bits per heavy atom. The number of ketones is 1. The van der Waals surface area contributed by atoms with E-state index in [4.69, 9.17) is 16.3 Å². The SMILES string of the molecule is CCC(Cl)C(=O)c1ccc(OCCN2CCCC2)cc1. The van der Waals surface area contributed by atoms with Crippen molar-refractivity contribution in [2.45, 2.75) is 31.6 Å². The molecule has 3 nitrogen and oxygen atoms in total. The maximum absolute atomic E-state index is 11.9. The van der Waals surface area contributed by atoms with E-state index in [-0.39, 0.29) is 5.78 Å². The van der Waals surface area contributed by atoms with Gasteiger partial charge in [-0.15, -0.1) is 11.6 Å². The topological polar surface area (TPSA) is 29.5 Å². The van der Waals surface area contributed by atoms with Crippen LogP contribution in [0.1, 0.15) is 36.5 Å². The van der Waals surface area contributed by atoms with Gasteiger partial charge in [-0.3, -0.25) is 9.69 Å². The largest absolute Gasteiger partial charge is 0.492 e. The van der Waals surface area contributed by atoms with Crippen molar-refractivity contribution in [3.8, 4) is 5.75 Å². The van der Waals surface area contributed by atoms with Crippen LogP contribution in [0.3, 0.4) is 0 Å². The lowest BCUT2D eigenvalue weighted by molar-refractivity contribution is 0.0985. The normalized spacial score (nSPS) is 17.1. The highest BCUT2D eigenvalue weighted by molar-refractivity contribution is 6.33. The fourth-order valence-corrected chi connectivity index (χ4v) is 2.51. The van der Waals surface area contributed by atoms with Crippen LogP contribution in [0.15, 0.2) is 24.3 Å². The third kappa shape index (κ3) is 4.22. The molecule has 0 aromatic heterocycles. The molecule has 110 valence electrons. The molecule has 0 saturated carbocycles. The first kappa shape index (κ1) is 15.3. The number of ether oxygens (including phenoxy) is 1. The molecule has 1 fully saturated rings. The summed E-state index contributed by atoms with van der Waals surface area (Å²) in [7, 11) is 0. The van der Waals surface area contributed by atoms with Gasteiger partial charge < -0.3 is 4.74 Å². The number of benzene rings is 1. The molecule has 2 rings (SSSR count). The predicted molar refractivity (Wildman–Crippen MR) is 81.9 cm³/mol. The van der Waals surface area contributed by atoms with Crippen molar-refractivity contribution in [2.75, 3.05) is 26.2 Å². The minimum Gasteiger partial charge on any atom is -0.492 e. The Kier molecular flexibility index (Phi) is 5.86. The van der Waals surface area contributed by atoms with Gasteiger partial charge in [0.2, 0.25) is 0 Å². The van der Waals surface area contributed by atoms with Crippen LogP contribution in [0.2, 0.25) is 0 Å². The molecule has 1 aliphatic rings. The maximum Gasteiger partial charge on any atom is 0.180 e. The fraction of sp³-hybridized carbons (Fsp3) is 0.562. The summed E-state index contributed by atoms with van der Waals surface area (Å²) in [5.41, 5.74) is 0.652.